The van der Waals surface area contributed by atoms with E-state index in [-0.39, 0.29) is 17.9 Å². The van der Waals surface area contributed by atoms with Crippen LogP contribution in [0.5, 0.6) is 0 Å². The highest BCUT2D eigenvalue weighted by atomic mass is 16.2. The van der Waals surface area contributed by atoms with E-state index in [2.05, 4.69) is 10.2 Å². The highest BCUT2D eigenvalue weighted by Gasteiger charge is 2.34. The minimum Gasteiger partial charge on any atom is -0.333 e. The standard InChI is InChI=1S/C16H20N6O2/c1-11-6-14(19(2)18-11)16(24)20-8-13(9-20)22-10-12(7-17-22)21-5-3-4-15(21)23/h6-7,10,13H,3-5,8-9H2,1-2H3. The largest absolute Gasteiger partial charge is 0.333 e. The topological polar surface area (TPSA) is 76.3 Å². The lowest BCUT2D eigenvalue weighted by atomic mass is 10.1. The third-order valence-electron chi connectivity index (χ3n) is 4.72. The van der Waals surface area contributed by atoms with Crippen molar-refractivity contribution in [2.24, 2.45) is 7.05 Å². The van der Waals surface area contributed by atoms with E-state index in [4.69, 9.17) is 0 Å². The Labute approximate surface area is 139 Å². The lowest BCUT2D eigenvalue weighted by Crippen LogP contribution is -2.51. The van der Waals surface area contributed by atoms with Crippen molar-refractivity contribution >= 4 is 17.5 Å². The summed E-state index contributed by atoms with van der Waals surface area (Å²) in [4.78, 5) is 27.9. The molecule has 2 aromatic heterocycles. The van der Waals surface area contributed by atoms with Crippen LogP contribution in [0.4, 0.5) is 5.69 Å². The molecule has 126 valence electrons. The fourth-order valence-electron chi connectivity index (χ4n) is 3.35. The summed E-state index contributed by atoms with van der Waals surface area (Å²) in [5.41, 5.74) is 2.30. The van der Waals surface area contributed by atoms with E-state index in [0.29, 0.717) is 25.2 Å². The Bertz CT molecular complexity index is 801. The highest BCUT2D eigenvalue weighted by Crippen LogP contribution is 2.26. The maximum atomic E-state index is 12.5. The minimum atomic E-state index is -0.00329. The number of rotatable bonds is 3. The Kier molecular flexibility index (Phi) is 3.40. The molecule has 0 N–H and O–H groups in total. The summed E-state index contributed by atoms with van der Waals surface area (Å²) >= 11 is 0. The molecule has 0 aliphatic carbocycles. The first-order valence-corrected chi connectivity index (χ1v) is 8.17. The lowest BCUT2D eigenvalue weighted by molar-refractivity contribution is -0.117. The molecule has 8 nitrogen and oxygen atoms in total. The summed E-state index contributed by atoms with van der Waals surface area (Å²) in [6.07, 6.45) is 5.16. The van der Waals surface area contributed by atoms with Gasteiger partial charge in [0.2, 0.25) is 5.91 Å². The zero-order chi connectivity index (χ0) is 16.8. The first-order valence-electron chi connectivity index (χ1n) is 8.17. The predicted molar refractivity (Wildman–Crippen MR) is 86.7 cm³/mol. The molecule has 2 saturated heterocycles. The van der Waals surface area contributed by atoms with Gasteiger partial charge in [0.15, 0.2) is 0 Å². The first kappa shape index (κ1) is 14.9. The van der Waals surface area contributed by atoms with Crippen molar-refractivity contribution in [1.82, 2.24) is 24.5 Å². The third-order valence-corrected chi connectivity index (χ3v) is 4.72. The Hall–Kier alpha value is -2.64. The quantitative estimate of drug-likeness (QED) is 0.833. The van der Waals surface area contributed by atoms with Crippen LogP contribution in [0.15, 0.2) is 18.5 Å². The van der Waals surface area contributed by atoms with Gasteiger partial charge in [0.25, 0.3) is 5.91 Å². The van der Waals surface area contributed by atoms with Crippen molar-refractivity contribution < 1.29 is 9.59 Å². The van der Waals surface area contributed by atoms with Gasteiger partial charge >= 0.3 is 0 Å². The normalized spacial score (nSPS) is 18.3. The number of aromatic nitrogens is 4. The summed E-state index contributed by atoms with van der Waals surface area (Å²) in [5.74, 6) is 0.156. The molecule has 0 saturated carbocycles. The van der Waals surface area contributed by atoms with E-state index < -0.39 is 0 Å². The molecule has 24 heavy (non-hydrogen) atoms. The molecule has 0 bridgehead atoms. The molecule has 2 aliphatic rings. The molecule has 0 aromatic carbocycles. The molecule has 2 fully saturated rings. The number of carbonyl (C=O) groups excluding carboxylic acids is 2. The van der Waals surface area contributed by atoms with E-state index in [0.717, 1.165) is 24.3 Å². The zero-order valence-corrected chi connectivity index (χ0v) is 13.8. The Morgan fingerprint density at radius 3 is 2.75 bits per heavy atom. The van der Waals surface area contributed by atoms with Crippen LogP contribution in [0.3, 0.4) is 0 Å². The van der Waals surface area contributed by atoms with Crippen LogP contribution in [0.25, 0.3) is 0 Å². The van der Waals surface area contributed by atoms with Gasteiger partial charge in [0.05, 0.1) is 23.6 Å². The van der Waals surface area contributed by atoms with Gasteiger partial charge in [-0.15, -0.1) is 0 Å². The predicted octanol–water partition coefficient (Wildman–Crippen LogP) is 0.749. The van der Waals surface area contributed by atoms with Gasteiger partial charge in [-0.3, -0.25) is 19.0 Å². The molecule has 8 heteroatoms. The van der Waals surface area contributed by atoms with Gasteiger partial charge < -0.3 is 9.80 Å². The second kappa shape index (κ2) is 5.47. The van der Waals surface area contributed by atoms with E-state index in [9.17, 15) is 9.59 Å². The van der Waals surface area contributed by atoms with Crippen molar-refractivity contribution in [3.05, 3.63) is 29.8 Å². The number of hydrogen-bond acceptors (Lipinski definition) is 4. The number of likely N-dealkylation sites (tertiary alicyclic amines) is 1. The van der Waals surface area contributed by atoms with Crippen molar-refractivity contribution in [2.45, 2.75) is 25.8 Å². The van der Waals surface area contributed by atoms with Crippen LogP contribution in [0, 0.1) is 6.92 Å². The van der Waals surface area contributed by atoms with Gasteiger partial charge in [0, 0.05) is 39.3 Å². The second-order valence-corrected chi connectivity index (χ2v) is 6.49. The molecule has 0 radical (unpaired) electrons. The molecular formula is C16H20N6O2. The Morgan fingerprint density at radius 2 is 2.12 bits per heavy atom. The van der Waals surface area contributed by atoms with Crippen LogP contribution >= 0.6 is 0 Å². The minimum absolute atomic E-state index is 0.00329. The van der Waals surface area contributed by atoms with Gasteiger partial charge in [-0.05, 0) is 19.4 Å². The summed E-state index contributed by atoms with van der Waals surface area (Å²) in [7, 11) is 1.78. The van der Waals surface area contributed by atoms with Crippen LogP contribution in [-0.2, 0) is 11.8 Å². The first-order chi connectivity index (χ1) is 11.5. The Balaban J connectivity index is 1.41. The molecule has 2 aromatic rings. The van der Waals surface area contributed by atoms with Gasteiger partial charge in [-0.25, -0.2) is 0 Å². The van der Waals surface area contributed by atoms with E-state index in [1.807, 2.05) is 17.8 Å². The second-order valence-electron chi connectivity index (χ2n) is 6.49. The maximum absolute atomic E-state index is 12.5. The van der Waals surface area contributed by atoms with Crippen LogP contribution in [-0.4, -0.2) is 55.9 Å². The van der Waals surface area contributed by atoms with E-state index in [1.165, 1.54) is 0 Å². The summed E-state index contributed by atoms with van der Waals surface area (Å²) < 4.78 is 3.48. The number of anilines is 1. The molecular weight excluding hydrogens is 308 g/mol. The third kappa shape index (κ3) is 2.38. The smallest absolute Gasteiger partial charge is 0.272 e. The number of amides is 2. The summed E-state index contributed by atoms with van der Waals surface area (Å²) in [6, 6.07) is 1.97. The van der Waals surface area contributed by atoms with Crippen LogP contribution < -0.4 is 4.90 Å². The van der Waals surface area contributed by atoms with Crippen LogP contribution in [0.2, 0.25) is 0 Å². The summed E-state index contributed by atoms with van der Waals surface area (Å²) in [6.45, 7) is 3.89. The zero-order valence-electron chi connectivity index (χ0n) is 13.8. The number of carbonyl (C=O) groups is 2. The van der Waals surface area contributed by atoms with Gasteiger partial charge in [0.1, 0.15) is 5.69 Å². The molecule has 0 unspecified atom stereocenters. The lowest BCUT2D eigenvalue weighted by Gasteiger charge is -2.39. The van der Waals surface area contributed by atoms with E-state index in [1.54, 1.807) is 33.8 Å². The number of aryl methyl sites for hydroxylation is 2. The fraction of sp³-hybridized carbons (Fsp3) is 0.500. The van der Waals surface area contributed by atoms with Gasteiger partial charge in [-0.1, -0.05) is 0 Å². The molecule has 4 heterocycles. The number of nitrogens with zero attached hydrogens (tertiary/aromatic N) is 6. The van der Waals surface area contributed by atoms with Gasteiger partial charge in [-0.2, -0.15) is 10.2 Å². The van der Waals surface area contributed by atoms with Crippen molar-refractivity contribution in [3.63, 3.8) is 0 Å². The molecule has 0 spiro atoms. The maximum Gasteiger partial charge on any atom is 0.272 e. The average molecular weight is 328 g/mol. The monoisotopic (exact) mass is 328 g/mol. The SMILES string of the molecule is Cc1cc(C(=O)N2CC(n3cc(N4CCCC4=O)cn3)C2)n(C)n1. The van der Waals surface area contributed by atoms with Crippen molar-refractivity contribution in [2.75, 3.05) is 24.5 Å². The van der Waals surface area contributed by atoms with Crippen LogP contribution in [0.1, 0.15) is 35.1 Å². The number of hydrogen-bond donors (Lipinski definition) is 0. The van der Waals surface area contributed by atoms with E-state index >= 15 is 0 Å². The average Bonchev–Trinajstić information content (AvgIpc) is 3.18. The molecule has 2 aliphatic heterocycles. The molecule has 4 rings (SSSR count). The molecule has 0 atom stereocenters. The Morgan fingerprint density at radius 1 is 1.33 bits per heavy atom. The molecule has 2 amide bonds. The fourth-order valence-corrected chi connectivity index (χ4v) is 3.35. The summed E-state index contributed by atoms with van der Waals surface area (Å²) in [5, 5.41) is 8.59. The highest BCUT2D eigenvalue weighted by molar-refractivity contribution is 5.95. The van der Waals surface area contributed by atoms with Crippen molar-refractivity contribution in [3.8, 4) is 0 Å². The van der Waals surface area contributed by atoms with Crippen molar-refractivity contribution in [1.29, 1.82) is 0 Å².